The zero-order valence-corrected chi connectivity index (χ0v) is 8.27. The molecule has 1 aliphatic carbocycles. The van der Waals surface area contributed by atoms with Crippen LogP contribution in [0.25, 0.3) is 5.57 Å². The van der Waals surface area contributed by atoms with Crippen LogP contribution in [-0.4, -0.2) is 10.2 Å². The summed E-state index contributed by atoms with van der Waals surface area (Å²) in [4.78, 5) is 0. The maximum absolute atomic E-state index is 5.66. The average molecular weight is 193 g/mol. The summed E-state index contributed by atoms with van der Waals surface area (Å²) in [6.45, 7) is 1.97. The lowest BCUT2D eigenvalue weighted by molar-refractivity contribution is 0.944. The van der Waals surface area contributed by atoms with E-state index >= 15 is 0 Å². The van der Waals surface area contributed by atoms with Crippen LogP contribution in [0.15, 0.2) is 17.8 Å². The van der Waals surface area contributed by atoms with Crippen molar-refractivity contribution in [1.82, 2.24) is 10.2 Å². The maximum Gasteiger partial charge on any atom is 0.143 e. The van der Waals surface area contributed by atoms with E-state index in [1.807, 2.05) is 19.1 Å². The third-order valence-electron chi connectivity index (χ3n) is 1.98. The minimum absolute atomic E-state index is 0.935. The summed E-state index contributed by atoms with van der Waals surface area (Å²) in [5.74, 6) is 0. The number of rotatable bonds is 1. The highest BCUT2D eigenvalue weighted by Crippen LogP contribution is 2.26. The van der Waals surface area contributed by atoms with Crippen molar-refractivity contribution < 1.29 is 0 Å². The van der Waals surface area contributed by atoms with E-state index in [1.54, 1.807) is 11.3 Å². The van der Waals surface area contributed by atoms with Gasteiger partial charge in [0.2, 0.25) is 0 Å². The van der Waals surface area contributed by atoms with E-state index in [4.69, 9.17) is 5.73 Å². The Morgan fingerprint density at radius 3 is 2.69 bits per heavy atom. The van der Waals surface area contributed by atoms with E-state index < -0.39 is 0 Å². The largest absolute Gasteiger partial charge is 0.402 e. The minimum atomic E-state index is 0.935. The fraction of sp³-hybridized carbons (Fsp3) is 0.333. The monoisotopic (exact) mass is 193 g/mol. The smallest absolute Gasteiger partial charge is 0.143 e. The maximum atomic E-state index is 5.66. The molecule has 2 rings (SSSR count). The van der Waals surface area contributed by atoms with Crippen LogP contribution in [0, 0.1) is 6.92 Å². The van der Waals surface area contributed by atoms with Crippen LogP contribution in [-0.2, 0) is 0 Å². The highest BCUT2D eigenvalue weighted by Gasteiger charge is 2.09. The van der Waals surface area contributed by atoms with E-state index in [2.05, 4.69) is 10.2 Å². The van der Waals surface area contributed by atoms with Crippen molar-refractivity contribution in [2.75, 3.05) is 0 Å². The van der Waals surface area contributed by atoms with E-state index in [0.29, 0.717) is 0 Å². The van der Waals surface area contributed by atoms with E-state index in [9.17, 15) is 0 Å². The van der Waals surface area contributed by atoms with Crippen molar-refractivity contribution >= 4 is 16.9 Å². The van der Waals surface area contributed by atoms with Crippen LogP contribution in [0.2, 0.25) is 0 Å². The lowest BCUT2D eigenvalue weighted by atomic mass is 10.0. The van der Waals surface area contributed by atoms with Crippen LogP contribution in [0.3, 0.4) is 0 Å². The molecule has 68 valence electrons. The van der Waals surface area contributed by atoms with Crippen molar-refractivity contribution in [3.63, 3.8) is 0 Å². The van der Waals surface area contributed by atoms with Gasteiger partial charge in [-0.1, -0.05) is 17.4 Å². The molecule has 0 amide bonds. The fourth-order valence-electron chi connectivity index (χ4n) is 1.26. The Morgan fingerprint density at radius 1 is 1.31 bits per heavy atom. The van der Waals surface area contributed by atoms with Crippen molar-refractivity contribution in [3.8, 4) is 0 Å². The van der Waals surface area contributed by atoms with Gasteiger partial charge < -0.3 is 5.73 Å². The lowest BCUT2D eigenvalue weighted by Crippen LogP contribution is -2.01. The van der Waals surface area contributed by atoms with Gasteiger partial charge in [0.05, 0.1) is 0 Å². The molecule has 0 spiro atoms. The van der Waals surface area contributed by atoms with Crippen LogP contribution >= 0.6 is 11.3 Å². The van der Waals surface area contributed by atoms with Gasteiger partial charge in [0, 0.05) is 5.70 Å². The number of hydrogen-bond donors (Lipinski definition) is 1. The standard InChI is InChI=1S/C9H11N3S/c1-6-11-12-9(13-6)7-2-4-8(10)5-3-7/h2,4H,3,5,10H2,1H3. The van der Waals surface area contributed by atoms with Gasteiger partial charge in [0.1, 0.15) is 10.0 Å². The quantitative estimate of drug-likeness (QED) is 0.740. The molecule has 0 fully saturated rings. The van der Waals surface area contributed by atoms with Gasteiger partial charge >= 0.3 is 0 Å². The first-order valence-electron chi connectivity index (χ1n) is 4.21. The van der Waals surface area contributed by atoms with Crippen molar-refractivity contribution in [3.05, 3.63) is 27.9 Å². The number of nitrogens with zero attached hydrogens (tertiary/aromatic N) is 2. The summed E-state index contributed by atoms with van der Waals surface area (Å²) in [6, 6.07) is 0. The third kappa shape index (κ3) is 1.78. The zero-order chi connectivity index (χ0) is 9.26. The molecule has 0 saturated heterocycles. The first-order chi connectivity index (χ1) is 6.25. The molecule has 0 saturated carbocycles. The molecule has 3 nitrogen and oxygen atoms in total. The molecule has 1 heterocycles. The van der Waals surface area contributed by atoms with E-state index in [-0.39, 0.29) is 0 Å². The molecule has 0 bridgehead atoms. The molecule has 0 atom stereocenters. The molecule has 0 unspecified atom stereocenters. The SMILES string of the molecule is Cc1nnc(C2=CC=C(N)CC2)s1. The number of aromatic nitrogens is 2. The van der Waals surface area contributed by atoms with Crippen LogP contribution in [0.4, 0.5) is 0 Å². The predicted octanol–water partition coefficient (Wildman–Crippen LogP) is 1.87. The highest BCUT2D eigenvalue weighted by atomic mass is 32.1. The second kappa shape index (κ2) is 3.30. The van der Waals surface area contributed by atoms with Gasteiger partial charge in [0.25, 0.3) is 0 Å². The molecule has 13 heavy (non-hydrogen) atoms. The van der Waals surface area contributed by atoms with Gasteiger partial charge in [-0.2, -0.15) is 0 Å². The van der Waals surface area contributed by atoms with Gasteiger partial charge in [-0.3, -0.25) is 0 Å². The Labute approximate surface area is 81.0 Å². The van der Waals surface area contributed by atoms with Crippen molar-refractivity contribution in [1.29, 1.82) is 0 Å². The summed E-state index contributed by atoms with van der Waals surface area (Å²) in [5, 5.41) is 10.1. The topological polar surface area (TPSA) is 51.8 Å². The Bertz CT molecular complexity index is 376. The summed E-state index contributed by atoms with van der Waals surface area (Å²) >= 11 is 1.63. The molecular formula is C9H11N3S. The Balaban J connectivity index is 2.28. The normalized spacial score (nSPS) is 16.7. The van der Waals surface area contributed by atoms with Crippen LogP contribution in [0.5, 0.6) is 0 Å². The summed E-state index contributed by atoms with van der Waals surface area (Å²) in [7, 11) is 0. The van der Waals surface area contributed by atoms with Gasteiger partial charge in [-0.05, 0) is 31.4 Å². The first-order valence-corrected chi connectivity index (χ1v) is 5.03. The summed E-state index contributed by atoms with van der Waals surface area (Å²) in [6.07, 6.45) is 5.91. The summed E-state index contributed by atoms with van der Waals surface area (Å²) in [5.41, 5.74) is 7.86. The Morgan fingerprint density at radius 2 is 2.15 bits per heavy atom. The second-order valence-corrected chi connectivity index (χ2v) is 4.24. The fourth-order valence-corrected chi connectivity index (χ4v) is 2.00. The lowest BCUT2D eigenvalue weighted by Gasteiger charge is -2.08. The zero-order valence-electron chi connectivity index (χ0n) is 7.45. The molecule has 1 aliphatic rings. The number of aryl methyl sites for hydroxylation is 1. The first kappa shape index (κ1) is 8.44. The third-order valence-corrected chi connectivity index (χ3v) is 2.90. The van der Waals surface area contributed by atoms with Crippen LogP contribution in [0.1, 0.15) is 22.9 Å². The van der Waals surface area contributed by atoms with E-state index in [1.165, 1.54) is 5.57 Å². The molecule has 0 aliphatic heterocycles. The molecule has 0 aromatic carbocycles. The number of hydrogen-bond acceptors (Lipinski definition) is 4. The molecule has 4 heteroatoms. The predicted molar refractivity (Wildman–Crippen MR) is 54.1 cm³/mol. The van der Waals surface area contributed by atoms with Crippen molar-refractivity contribution in [2.45, 2.75) is 19.8 Å². The molecular weight excluding hydrogens is 182 g/mol. The summed E-state index contributed by atoms with van der Waals surface area (Å²) < 4.78 is 0. The Hall–Kier alpha value is -1.16. The second-order valence-electron chi connectivity index (χ2n) is 3.06. The van der Waals surface area contributed by atoms with Gasteiger partial charge in [0.15, 0.2) is 0 Å². The average Bonchev–Trinajstić information content (AvgIpc) is 2.53. The minimum Gasteiger partial charge on any atom is -0.402 e. The Kier molecular flexibility index (Phi) is 2.14. The van der Waals surface area contributed by atoms with E-state index in [0.717, 1.165) is 28.6 Å². The molecule has 2 N–H and O–H groups in total. The molecule has 0 radical (unpaired) electrons. The van der Waals surface area contributed by atoms with Crippen molar-refractivity contribution in [2.24, 2.45) is 5.73 Å². The highest BCUT2D eigenvalue weighted by molar-refractivity contribution is 7.12. The number of allylic oxidation sites excluding steroid dienone is 4. The molecule has 1 aromatic rings. The number of nitrogens with two attached hydrogens (primary N) is 1. The van der Waals surface area contributed by atoms with Crippen LogP contribution < -0.4 is 5.73 Å². The van der Waals surface area contributed by atoms with Gasteiger partial charge in [-0.25, -0.2) is 0 Å². The van der Waals surface area contributed by atoms with Gasteiger partial charge in [-0.15, -0.1) is 10.2 Å². The molecule has 1 aromatic heterocycles.